The van der Waals surface area contributed by atoms with E-state index in [4.69, 9.17) is 0 Å². The molecule has 1 aliphatic rings. The van der Waals surface area contributed by atoms with Gasteiger partial charge in [0.05, 0.1) is 0 Å². The van der Waals surface area contributed by atoms with Gasteiger partial charge in [-0.2, -0.15) is 0 Å². The minimum absolute atomic E-state index is 0.163. The van der Waals surface area contributed by atoms with E-state index in [1.807, 2.05) is 19.2 Å². The lowest BCUT2D eigenvalue weighted by Gasteiger charge is -2.12. The van der Waals surface area contributed by atoms with Crippen molar-refractivity contribution in [2.75, 3.05) is 7.05 Å². The fourth-order valence-electron chi connectivity index (χ4n) is 3.11. The molecule has 1 N–H and O–H groups in total. The van der Waals surface area contributed by atoms with Crippen LogP contribution in [0, 0.1) is 5.82 Å². The maximum Gasteiger partial charge on any atom is 0.123 e. The summed E-state index contributed by atoms with van der Waals surface area (Å²) in [6, 6.07) is 16.0. The Labute approximate surface area is 113 Å². The first-order chi connectivity index (χ1) is 9.28. The highest BCUT2D eigenvalue weighted by atomic mass is 19.1. The van der Waals surface area contributed by atoms with E-state index in [1.165, 1.54) is 16.7 Å². The minimum Gasteiger partial charge on any atom is -0.313 e. The molecule has 0 aliphatic heterocycles. The Bertz CT molecular complexity index is 562. The second-order valence-corrected chi connectivity index (χ2v) is 5.23. The fourth-order valence-corrected chi connectivity index (χ4v) is 3.11. The third-order valence-electron chi connectivity index (χ3n) is 4.08. The van der Waals surface area contributed by atoms with E-state index < -0.39 is 0 Å². The Morgan fingerprint density at radius 3 is 2.42 bits per heavy atom. The van der Waals surface area contributed by atoms with Crippen molar-refractivity contribution in [3.05, 3.63) is 71.0 Å². The van der Waals surface area contributed by atoms with E-state index in [0.717, 1.165) is 12.8 Å². The van der Waals surface area contributed by atoms with E-state index in [0.29, 0.717) is 12.0 Å². The Hall–Kier alpha value is -1.67. The van der Waals surface area contributed by atoms with Gasteiger partial charge in [-0.25, -0.2) is 4.39 Å². The van der Waals surface area contributed by atoms with Crippen LogP contribution in [0.4, 0.5) is 4.39 Å². The molecule has 98 valence electrons. The summed E-state index contributed by atoms with van der Waals surface area (Å²) < 4.78 is 12.9. The Balaban J connectivity index is 1.85. The minimum atomic E-state index is -0.163. The van der Waals surface area contributed by atoms with Crippen molar-refractivity contribution in [3.63, 3.8) is 0 Å². The highest BCUT2D eigenvalue weighted by Gasteiger charge is 2.29. The monoisotopic (exact) mass is 255 g/mol. The summed E-state index contributed by atoms with van der Waals surface area (Å²) in [6.07, 6.45) is 2.10. The molecule has 0 bridgehead atoms. The number of hydrogen-bond donors (Lipinski definition) is 1. The van der Waals surface area contributed by atoms with Crippen molar-refractivity contribution in [3.8, 4) is 0 Å². The van der Waals surface area contributed by atoms with E-state index >= 15 is 0 Å². The summed E-state index contributed by atoms with van der Waals surface area (Å²) in [5.74, 6) is 0.364. The normalized spacial score (nSPS) is 21.4. The van der Waals surface area contributed by atoms with Gasteiger partial charge in [-0.15, -0.1) is 0 Å². The van der Waals surface area contributed by atoms with E-state index in [-0.39, 0.29) is 5.82 Å². The summed E-state index contributed by atoms with van der Waals surface area (Å²) in [7, 11) is 2.02. The first kappa shape index (κ1) is 12.4. The molecule has 0 saturated heterocycles. The largest absolute Gasteiger partial charge is 0.313 e. The Morgan fingerprint density at radius 2 is 1.74 bits per heavy atom. The number of halogens is 1. The van der Waals surface area contributed by atoms with Crippen molar-refractivity contribution >= 4 is 0 Å². The second-order valence-electron chi connectivity index (χ2n) is 5.23. The highest BCUT2D eigenvalue weighted by molar-refractivity contribution is 5.39. The molecule has 0 heterocycles. The van der Waals surface area contributed by atoms with Crippen LogP contribution in [0.5, 0.6) is 0 Å². The summed E-state index contributed by atoms with van der Waals surface area (Å²) >= 11 is 0. The van der Waals surface area contributed by atoms with Gasteiger partial charge in [0.25, 0.3) is 0 Å². The second kappa shape index (κ2) is 5.14. The quantitative estimate of drug-likeness (QED) is 0.879. The molecule has 1 aliphatic carbocycles. The molecule has 19 heavy (non-hydrogen) atoms. The molecule has 0 amide bonds. The third-order valence-corrected chi connectivity index (χ3v) is 4.08. The van der Waals surface area contributed by atoms with Gasteiger partial charge >= 0.3 is 0 Å². The molecule has 0 radical (unpaired) electrons. The summed E-state index contributed by atoms with van der Waals surface area (Å²) in [5, 5.41) is 3.38. The molecule has 0 aromatic heterocycles. The molecular weight excluding hydrogens is 237 g/mol. The number of benzene rings is 2. The number of hydrogen-bond acceptors (Lipinski definition) is 1. The topological polar surface area (TPSA) is 12.0 Å². The summed E-state index contributed by atoms with van der Waals surface area (Å²) in [4.78, 5) is 0. The zero-order valence-corrected chi connectivity index (χ0v) is 11.1. The van der Waals surface area contributed by atoms with Crippen LogP contribution in [0.3, 0.4) is 0 Å². The SMILES string of the molecule is CN[C@@H]1C[C@@H](Cc2ccc(F)cc2)c2ccccc21. The lowest BCUT2D eigenvalue weighted by molar-refractivity contribution is 0.532. The molecule has 2 aromatic rings. The van der Waals surface area contributed by atoms with Crippen LogP contribution in [0.15, 0.2) is 48.5 Å². The molecule has 0 fully saturated rings. The Kier molecular flexibility index (Phi) is 3.34. The molecule has 0 saturated carbocycles. The predicted molar refractivity (Wildman–Crippen MR) is 75.7 cm³/mol. The van der Waals surface area contributed by atoms with Crippen LogP contribution in [0.25, 0.3) is 0 Å². The number of rotatable bonds is 3. The number of nitrogens with one attached hydrogen (secondary N) is 1. The molecule has 2 atom stereocenters. The van der Waals surface area contributed by atoms with Crippen molar-refractivity contribution < 1.29 is 4.39 Å². The zero-order valence-electron chi connectivity index (χ0n) is 11.1. The fraction of sp³-hybridized carbons (Fsp3) is 0.294. The van der Waals surface area contributed by atoms with Crippen molar-refractivity contribution in [2.45, 2.75) is 24.8 Å². The van der Waals surface area contributed by atoms with Gasteiger partial charge in [-0.3, -0.25) is 0 Å². The molecular formula is C17H18FN. The van der Waals surface area contributed by atoms with Gasteiger partial charge in [0.2, 0.25) is 0 Å². The smallest absolute Gasteiger partial charge is 0.123 e. The van der Waals surface area contributed by atoms with Crippen LogP contribution in [-0.4, -0.2) is 7.05 Å². The average molecular weight is 255 g/mol. The lowest BCUT2D eigenvalue weighted by atomic mass is 9.93. The molecule has 0 spiro atoms. The molecule has 2 aromatic carbocycles. The van der Waals surface area contributed by atoms with E-state index in [1.54, 1.807) is 12.1 Å². The van der Waals surface area contributed by atoms with Crippen LogP contribution in [0.2, 0.25) is 0 Å². The number of fused-ring (bicyclic) bond motifs is 1. The van der Waals surface area contributed by atoms with Gasteiger partial charge in [0.15, 0.2) is 0 Å². The van der Waals surface area contributed by atoms with E-state index in [9.17, 15) is 4.39 Å². The average Bonchev–Trinajstić information content (AvgIpc) is 2.80. The first-order valence-electron chi connectivity index (χ1n) is 6.78. The van der Waals surface area contributed by atoms with Crippen LogP contribution < -0.4 is 5.32 Å². The van der Waals surface area contributed by atoms with E-state index in [2.05, 4.69) is 29.6 Å². The van der Waals surface area contributed by atoms with Crippen LogP contribution in [0.1, 0.15) is 35.1 Å². The highest BCUT2D eigenvalue weighted by Crippen LogP contribution is 2.41. The summed E-state index contributed by atoms with van der Waals surface area (Å²) in [6.45, 7) is 0. The lowest BCUT2D eigenvalue weighted by Crippen LogP contribution is -2.13. The standard InChI is InChI=1S/C17H18FN/c1-19-17-11-13(15-4-2-3-5-16(15)17)10-12-6-8-14(18)9-7-12/h2-9,13,17,19H,10-11H2,1H3/t13-,17-/m1/s1. The molecule has 2 heteroatoms. The molecule has 0 unspecified atom stereocenters. The molecule has 1 nitrogen and oxygen atoms in total. The van der Waals surface area contributed by atoms with Crippen LogP contribution in [-0.2, 0) is 6.42 Å². The maximum absolute atomic E-state index is 12.9. The Morgan fingerprint density at radius 1 is 1.05 bits per heavy atom. The predicted octanol–water partition coefficient (Wildman–Crippen LogP) is 3.82. The van der Waals surface area contributed by atoms with Gasteiger partial charge in [-0.05, 0) is 54.6 Å². The maximum atomic E-state index is 12.9. The first-order valence-corrected chi connectivity index (χ1v) is 6.78. The zero-order chi connectivity index (χ0) is 13.2. The third kappa shape index (κ3) is 2.41. The van der Waals surface area contributed by atoms with Crippen molar-refractivity contribution in [1.82, 2.24) is 5.32 Å². The van der Waals surface area contributed by atoms with Crippen molar-refractivity contribution in [2.24, 2.45) is 0 Å². The van der Waals surface area contributed by atoms with Gasteiger partial charge in [-0.1, -0.05) is 36.4 Å². The van der Waals surface area contributed by atoms with Gasteiger partial charge in [0, 0.05) is 6.04 Å². The van der Waals surface area contributed by atoms with Crippen molar-refractivity contribution in [1.29, 1.82) is 0 Å². The molecule has 3 rings (SSSR count). The van der Waals surface area contributed by atoms with Crippen LogP contribution >= 0.6 is 0 Å². The summed E-state index contributed by atoms with van der Waals surface area (Å²) in [5.41, 5.74) is 4.06. The van der Waals surface area contributed by atoms with Gasteiger partial charge < -0.3 is 5.32 Å². The van der Waals surface area contributed by atoms with Gasteiger partial charge in [0.1, 0.15) is 5.82 Å².